The molecule has 0 radical (unpaired) electrons. The van der Waals surface area contributed by atoms with Crippen LogP contribution in [0.3, 0.4) is 0 Å². The highest BCUT2D eigenvalue weighted by Gasteiger charge is 2.26. The molecule has 0 bridgehead atoms. The number of hydrogen-bond donors (Lipinski definition) is 2. The lowest BCUT2D eigenvalue weighted by Crippen LogP contribution is -2.45. The zero-order valence-corrected chi connectivity index (χ0v) is 19.8. The van der Waals surface area contributed by atoms with Crippen LogP contribution in [0, 0.1) is 0 Å². The topological polar surface area (TPSA) is 104 Å². The standard InChI is InChI=1S/C26H25N5O3S/c32-26(19-9-3-1-4-10-19)27-20-15-17-31(18-16-20)25-24(28-22-13-7-8-14-23(22)29-25)30-35(33,34)21-11-5-2-6-12-21/h1-14,20H,15-18H2,(H,27,32)(H,28,30). The van der Waals surface area contributed by atoms with Crippen LogP contribution < -0.4 is 14.9 Å². The summed E-state index contributed by atoms with van der Waals surface area (Å²) in [5.74, 6) is 0.584. The number of amides is 1. The molecule has 0 atom stereocenters. The first-order chi connectivity index (χ1) is 17.0. The molecule has 5 rings (SSSR count). The number of aromatic nitrogens is 2. The molecule has 1 aliphatic rings. The summed E-state index contributed by atoms with van der Waals surface area (Å²) >= 11 is 0. The van der Waals surface area contributed by atoms with Gasteiger partial charge in [0, 0.05) is 24.7 Å². The fourth-order valence-corrected chi connectivity index (χ4v) is 5.18. The number of sulfonamides is 1. The van der Waals surface area contributed by atoms with Crippen molar-refractivity contribution in [3.05, 3.63) is 90.5 Å². The Morgan fingerprint density at radius 3 is 2.03 bits per heavy atom. The van der Waals surface area contributed by atoms with Crippen LogP contribution in [0.25, 0.3) is 11.0 Å². The molecule has 178 valence electrons. The van der Waals surface area contributed by atoms with Crippen molar-refractivity contribution in [1.29, 1.82) is 0 Å². The quantitative estimate of drug-likeness (QED) is 0.428. The van der Waals surface area contributed by atoms with E-state index in [0.717, 1.165) is 0 Å². The highest BCUT2D eigenvalue weighted by molar-refractivity contribution is 7.92. The number of piperidine rings is 1. The number of benzene rings is 3. The average molecular weight is 488 g/mol. The fraction of sp³-hybridized carbons (Fsp3) is 0.192. The third-order valence-electron chi connectivity index (χ3n) is 6.00. The molecule has 1 aromatic heterocycles. The van der Waals surface area contributed by atoms with Crippen molar-refractivity contribution in [2.45, 2.75) is 23.8 Å². The molecule has 0 aliphatic carbocycles. The molecule has 8 nitrogen and oxygen atoms in total. The first-order valence-electron chi connectivity index (χ1n) is 11.5. The van der Waals surface area contributed by atoms with Gasteiger partial charge < -0.3 is 10.2 Å². The summed E-state index contributed by atoms with van der Waals surface area (Å²) in [5.41, 5.74) is 1.92. The molecule has 1 aliphatic heterocycles. The molecular formula is C26H25N5O3S. The first kappa shape index (κ1) is 22.8. The lowest BCUT2D eigenvalue weighted by molar-refractivity contribution is 0.0931. The third kappa shape index (κ3) is 5.09. The van der Waals surface area contributed by atoms with Crippen LogP contribution in [0.15, 0.2) is 89.8 Å². The lowest BCUT2D eigenvalue weighted by atomic mass is 10.0. The summed E-state index contributed by atoms with van der Waals surface area (Å²) in [6.45, 7) is 1.21. The van der Waals surface area contributed by atoms with Crippen LogP contribution in [0.4, 0.5) is 11.6 Å². The smallest absolute Gasteiger partial charge is 0.263 e. The van der Waals surface area contributed by atoms with Crippen molar-refractivity contribution in [2.24, 2.45) is 0 Å². The number of rotatable bonds is 6. The van der Waals surface area contributed by atoms with E-state index in [2.05, 4.69) is 15.0 Å². The molecule has 2 N–H and O–H groups in total. The van der Waals surface area contributed by atoms with Crippen LogP contribution in [0.2, 0.25) is 0 Å². The van der Waals surface area contributed by atoms with Gasteiger partial charge in [-0.3, -0.25) is 9.52 Å². The molecule has 0 spiro atoms. The third-order valence-corrected chi connectivity index (χ3v) is 7.36. The Bertz CT molecular complexity index is 1440. The Morgan fingerprint density at radius 1 is 0.800 bits per heavy atom. The molecule has 1 amide bonds. The van der Waals surface area contributed by atoms with E-state index in [4.69, 9.17) is 4.98 Å². The molecule has 1 saturated heterocycles. The second kappa shape index (κ2) is 9.71. The van der Waals surface area contributed by atoms with Crippen LogP contribution >= 0.6 is 0 Å². The maximum atomic E-state index is 13.0. The van der Waals surface area contributed by atoms with Gasteiger partial charge in [-0.05, 0) is 49.2 Å². The van der Waals surface area contributed by atoms with Crippen LogP contribution in [0.1, 0.15) is 23.2 Å². The van der Waals surface area contributed by atoms with Crippen molar-refractivity contribution >= 4 is 38.6 Å². The minimum absolute atomic E-state index is 0.0248. The number of para-hydroxylation sites is 2. The van der Waals surface area contributed by atoms with Crippen LogP contribution in [-0.2, 0) is 10.0 Å². The van der Waals surface area contributed by atoms with Crippen molar-refractivity contribution in [1.82, 2.24) is 15.3 Å². The summed E-state index contributed by atoms with van der Waals surface area (Å²) in [5, 5.41) is 3.10. The van der Waals surface area contributed by atoms with E-state index in [-0.39, 0.29) is 22.7 Å². The maximum Gasteiger partial charge on any atom is 0.263 e. The molecule has 0 unspecified atom stereocenters. The van der Waals surface area contributed by atoms with Crippen LogP contribution in [-0.4, -0.2) is 43.4 Å². The highest BCUT2D eigenvalue weighted by atomic mass is 32.2. The van der Waals surface area contributed by atoms with Crippen LogP contribution in [0.5, 0.6) is 0 Å². The Labute approximate surface area is 204 Å². The van der Waals surface area contributed by atoms with E-state index in [1.165, 1.54) is 12.1 Å². The fourth-order valence-electron chi connectivity index (χ4n) is 4.16. The SMILES string of the molecule is O=C(NC1CCN(c2nc3ccccc3nc2NS(=O)(=O)c2ccccc2)CC1)c1ccccc1. The average Bonchev–Trinajstić information content (AvgIpc) is 2.89. The Morgan fingerprint density at radius 2 is 1.37 bits per heavy atom. The van der Waals surface area contributed by atoms with E-state index in [0.29, 0.717) is 48.3 Å². The van der Waals surface area contributed by atoms with Gasteiger partial charge in [0.1, 0.15) is 0 Å². The Hall–Kier alpha value is -3.98. The van der Waals surface area contributed by atoms with Gasteiger partial charge in [0.15, 0.2) is 11.6 Å². The second-order valence-corrected chi connectivity index (χ2v) is 10.1. The van der Waals surface area contributed by atoms with Gasteiger partial charge in [0.25, 0.3) is 15.9 Å². The van der Waals surface area contributed by atoms with Crippen molar-refractivity contribution < 1.29 is 13.2 Å². The number of fused-ring (bicyclic) bond motifs is 1. The van der Waals surface area contributed by atoms with Gasteiger partial charge >= 0.3 is 0 Å². The lowest BCUT2D eigenvalue weighted by Gasteiger charge is -2.34. The van der Waals surface area contributed by atoms with E-state index >= 15 is 0 Å². The molecule has 3 aromatic carbocycles. The monoisotopic (exact) mass is 487 g/mol. The predicted molar refractivity (Wildman–Crippen MR) is 136 cm³/mol. The first-order valence-corrected chi connectivity index (χ1v) is 12.9. The van der Waals surface area contributed by atoms with E-state index in [9.17, 15) is 13.2 Å². The number of carbonyl (C=O) groups is 1. The van der Waals surface area contributed by atoms with E-state index in [1.807, 2.05) is 41.3 Å². The minimum atomic E-state index is -3.84. The zero-order valence-electron chi connectivity index (χ0n) is 19.0. The highest BCUT2D eigenvalue weighted by Crippen LogP contribution is 2.29. The molecule has 1 fully saturated rings. The normalized spacial score (nSPS) is 14.6. The number of carbonyl (C=O) groups excluding carboxylic acids is 1. The maximum absolute atomic E-state index is 13.0. The Kier molecular flexibility index (Phi) is 6.33. The number of nitrogens with zero attached hydrogens (tertiary/aromatic N) is 3. The largest absolute Gasteiger partial charge is 0.353 e. The van der Waals surface area contributed by atoms with Gasteiger partial charge in [-0.15, -0.1) is 0 Å². The molecule has 0 saturated carbocycles. The van der Waals surface area contributed by atoms with Gasteiger partial charge in [0.05, 0.1) is 15.9 Å². The van der Waals surface area contributed by atoms with Crippen molar-refractivity contribution in [2.75, 3.05) is 22.7 Å². The van der Waals surface area contributed by atoms with Gasteiger partial charge in [-0.2, -0.15) is 0 Å². The van der Waals surface area contributed by atoms with Gasteiger partial charge in [-0.25, -0.2) is 18.4 Å². The number of hydrogen-bond acceptors (Lipinski definition) is 6. The summed E-state index contributed by atoms with van der Waals surface area (Å²) in [6.07, 6.45) is 1.41. The van der Waals surface area contributed by atoms with Crippen molar-refractivity contribution in [3.8, 4) is 0 Å². The summed E-state index contributed by atoms with van der Waals surface area (Å²) < 4.78 is 28.7. The molecule has 4 aromatic rings. The molecule has 2 heterocycles. The molecule has 35 heavy (non-hydrogen) atoms. The number of nitrogens with one attached hydrogen (secondary N) is 2. The van der Waals surface area contributed by atoms with E-state index < -0.39 is 10.0 Å². The summed E-state index contributed by atoms with van der Waals surface area (Å²) in [6, 6.07) is 24.7. The number of anilines is 2. The molecular weight excluding hydrogens is 462 g/mol. The van der Waals surface area contributed by atoms with E-state index in [1.54, 1.807) is 36.4 Å². The summed E-state index contributed by atoms with van der Waals surface area (Å²) in [4.78, 5) is 24.1. The van der Waals surface area contributed by atoms with Crippen molar-refractivity contribution in [3.63, 3.8) is 0 Å². The zero-order chi connectivity index (χ0) is 24.3. The molecule has 9 heteroatoms. The minimum Gasteiger partial charge on any atom is -0.353 e. The summed E-state index contributed by atoms with van der Waals surface area (Å²) in [7, 11) is -3.84. The van der Waals surface area contributed by atoms with Gasteiger partial charge in [-0.1, -0.05) is 48.5 Å². The Balaban J connectivity index is 1.37. The van der Waals surface area contributed by atoms with Gasteiger partial charge in [0.2, 0.25) is 0 Å². The predicted octanol–water partition coefficient (Wildman–Crippen LogP) is 3.83. The second-order valence-electron chi connectivity index (χ2n) is 8.40.